The van der Waals surface area contributed by atoms with Gasteiger partial charge in [0.2, 0.25) is 0 Å². The molecule has 0 aliphatic rings. The van der Waals surface area contributed by atoms with Crippen molar-refractivity contribution < 1.29 is 19.1 Å². The summed E-state index contributed by atoms with van der Waals surface area (Å²) >= 11 is 6.89. The lowest BCUT2D eigenvalue weighted by atomic mass is 9.96. The van der Waals surface area contributed by atoms with Crippen molar-refractivity contribution in [3.63, 3.8) is 0 Å². The van der Waals surface area contributed by atoms with Crippen LogP contribution in [-0.4, -0.2) is 26.8 Å². The van der Waals surface area contributed by atoms with Gasteiger partial charge in [-0.3, -0.25) is 9.59 Å². The van der Waals surface area contributed by atoms with Gasteiger partial charge in [-0.1, -0.05) is 0 Å². The normalized spacial score (nSPS) is 10.2. The van der Waals surface area contributed by atoms with Crippen molar-refractivity contribution in [3.05, 3.63) is 44.3 Å². The van der Waals surface area contributed by atoms with Crippen LogP contribution in [0.15, 0.2) is 33.2 Å². The molecule has 0 saturated heterocycles. The molecule has 0 radical (unpaired) electrons. The summed E-state index contributed by atoms with van der Waals surface area (Å²) in [7, 11) is 3.05. The third-order valence-electron chi connectivity index (χ3n) is 3.16. The van der Waals surface area contributed by atoms with Crippen LogP contribution in [0.25, 0.3) is 11.1 Å². The van der Waals surface area contributed by atoms with Crippen LogP contribution in [0.5, 0.6) is 11.5 Å². The number of halogens is 2. The molecular formula is C16H12Br2O4. The van der Waals surface area contributed by atoms with Crippen LogP contribution in [0.3, 0.4) is 0 Å². The van der Waals surface area contributed by atoms with Crippen molar-refractivity contribution in [2.45, 2.75) is 0 Å². The molecule has 0 aromatic heterocycles. The first kappa shape index (κ1) is 16.7. The lowest BCUT2D eigenvalue weighted by Gasteiger charge is -2.15. The Labute approximate surface area is 144 Å². The molecule has 4 nitrogen and oxygen atoms in total. The van der Waals surface area contributed by atoms with E-state index in [1.54, 1.807) is 24.3 Å². The van der Waals surface area contributed by atoms with E-state index in [2.05, 4.69) is 31.9 Å². The number of ether oxygens (including phenoxy) is 2. The Hall–Kier alpha value is -1.66. The largest absolute Gasteiger partial charge is 0.497 e. The number of carbonyl (C=O) groups excluding carboxylic acids is 2. The summed E-state index contributed by atoms with van der Waals surface area (Å²) in [5.74, 6) is 1.10. The zero-order valence-electron chi connectivity index (χ0n) is 11.9. The summed E-state index contributed by atoms with van der Waals surface area (Å²) in [6.45, 7) is 0. The fourth-order valence-electron chi connectivity index (χ4n) is 2.15. The smallest absolute Gasteiger partial charge is 0.150 e. The van der Waals surface area contributed by atoms with Crippen molar-refractivity contribution in [1.82, 2.24) is 0 Å². The van der Waals surface area contributed by atoms with Crippen molar-refractivity contribution in [2.24, 2.45) is 0 Å². The van der Waals surface area contributed by atoms with Gasteiger partial charge in [0.1, 0.15) is 11.5 Å². The van der Waals surface area contributed by atoms with Crippen LogP contribution in [-0.2, 0) is 0 Å². The Morgan fingerprint density at radius 1 is 0.773 bits per heavy atom. The van der Waals surface area contributed by atoms with Crippen molar-refractivity contribution >= 4 is 44.4 Å². The highest BCUT2D eigenvalue weighted by Gasteiger charge is 2.18. The quantitative estimate of drug-likeness (QED) is 0.658. The molecule has 2 rings (SSSR count). The second-order valence-electron chi connectivity index (χ2n) is 4.38. The Kier molecular flexibility index (Phi) is 5.37. The lowest BCUT2D eigenvalue weighted by Crippen LogP contribution is -1.98. The standard InChI is InChI=1S/C16H12Br2O4/c1-21-11-3-9(7-19)15(13(17)5-11)16-10(8-20)4-12(22-2)6-14(16)18/h3-8H,1-2H3. The van der Waals surface area contributed by atoms with E-state index >= 15 is 0 Å². The SMILES string of the molecule is COc1cc(Br)c(-c2c(Br)cc(OC)cc2C=O)c(C=O)c1. The molecule has 0 saturated carbocycles. The molecule has 0 bridgehead atoms. The molecule has 2 aromatic carbocycles. The minimum Gasteiger partial charge on any atom is -0.497 e. The first-order valence-corrected chi connectivity index (χ1v) is 7.80. The zero-order valence-corrected chi connectivity index (χ0v) is 15.0. The van der Waals surface area contributed by atoms with E-state index in [1.807, 2.05) is 0 Å². The van der Waals surface area contributed by atoms with Gasteiger partial charge >= 0.3 is 0 Å². The Balaban J connectivity index is 2.82. The second-order valence-corrected chi connectivity index (χ2v) is 6.09. The van der Waals surface area contributed by atoms with E-state index in [9.17, 15) is 9.59 Å². The van der Waals surface area contributed by atoms with Crippen LogP contribution < -0.4 is 9.47 Å². The molecule has 0 heterocycles. The van der Waals surface area contributed by atoms with Gasteiger partial charge in [-0.15, -0.1) is 0 Å². The second kappa shape index (κ2) is 7.07. The molecule has 22 heavy (non-hydrogen) atoms. The maximum absolute atomic E-state index is 11.5. The Bertz CT molecular complexity index is 678. The molecule has 2 aromatic rings. The monoisotopic (exact) mass is 426 g/mol. The molecular weight excluding hydrogens is 416 g/mol. The molecule has 0 unspecified atom stereocenters. The summed E-state index contributed by atoms with van der Waals surface area (Å²) in [5, 5.41) is 0. The predicted octanol–water partition coefficient (Wildman–Crippen LogP) is 4.52. The highest BCUT2D eigenvalue weighted by molar-refractivity contribution is 9.11. The number of carbonyl (C=O) groups is 2. The maximum Gasteiger partial charge on any atom is 0.150 e. The fraction of sp³-hybridized carbons (Fsp3) is 0.125. The first-order chi connectivity index (χ1) is 10.5. The highest BCUT2D eigenvalue weighted by atomic mass is 79.9. The van der Waals surface area contributed by atoms with Crippen LogP contribution in [0.1, 0.15) is 20.7 Å². The summed E-state index contributed by atoms with van der Waals surface area (Å²) in [6, 6.07) is 6.73. The first-order valence-electron chi connectivity index (χ1n) is 6.21. The molecule has 0 aliphatic heterocycles. The van der Waals surface area contributed by atoms with Gasteiger partial charge in [-0.25, -0.2) is 0 Å². The van der Waals surface area contributed by atoms with Crippen molar-refractivity contribution in [3.8, 4) is 22.6 Å². The summed E-state index contributed by atoms with van der Waals surface area (Å²) in [4.78, 5) is 22.9. The van der Waals surface area contributed by atoms with Crippen LogP contribution >= 0.6 is 31.9 Å². The van der Waals surface area contributed by atoms with Gasteiger partial charge < -0.3 is 9.47 Å². The van der Waals surface area contributed by atoms with Gasteiger partial charge in [0.25, 0.3) is 0 Å². The van der Waals surface area contributed by atoms with Crippen molar-refractivity contribution in [2.75, 3.05) is 14.2 Å². The summed E-state index contributed by atoms with van der Waals surface area (Å²) in [5.41, 5.74) is 2.07. The van der Waals surface area contributed by atoms with Gasteiger partial charge in [0.05, 0.1) is 14.2 Å². The molecule has 6 heteroatoms. The minimum absolute atomic E-state index is 0.417. The number of benzene rings is 2. The molecule has 0 amide bonds. The zero-order chi connectivity index (χ0) is 16.3. The van der Waals surface area contributed by atoms with Gasteiger partial charge in [-0.2, -0.15) is 0 Å². The van der Waals surface area contributed by atoms with E-state index < -0.39 is 0 Å². The van der Waals surface area contributed by atoms with E-state index in [-0.39, 0.29) is 0 Å². The predicted molar refractivity (Wildman–Crippen MR) is 91.2 cm³/mol. The van der Waals surface area contributed by atoms with E-state index in [0.29, 0.717) is 42.7 Å². The average molecular weight is 428 g/mol. The van der Waals surface area contributed by atoms with Crippen LogP contribution in [0.4, 0.5) is 0 Å². The van der Waals surface area contributed by atoms with Gasteiger partial charge in [-0.05, 0) is 56.1 Å². The average Bonchev–Trinajstić information content (AvgIpc) is 2.53. The summed E-state index contributed by atoms with van der Waals surface area (Å²) < 4.78 is 11.6. The molecule has 0 fully saturated rings. The maximum atomic E-state index is 11.5. The number of hydrogen-bond donors (Lipinski definition) is 0. The lowest BCUT2D eigenvalue weighted by molar-refractivity contribution is 0.111. The van der Waals surface area contributed by atoms with Crippen LogP contribution in [0, 0.1) is 0 Å². The molecule has 0 spiro atoms. The van der Waals surface area contributed by atoms with Crippen molar-refractivity contribution in [1.29, 1.82) is 0 Å². The number of hydrogen-bond acceptors (Lipinski definition) is 4. The van der Waals surface area contributed by atoms with E-state index in [4.69, 9.17) is 9.47 Å². The van der Waals surface area contributed by atoms with E-state index in [0.717, 1.165) is 12.6 Å². The summed E-state index contributed by atoms with van der Waals surface area (Å²) in [6.07, 6.45) is 1.46. The van der Waals surface area contributed by atoms with Gasteiger partial charge in [0, 0.05) is 31.2 Å². The van der Waals surface area contributed by atoms with Gasteiger partial charge in [0.15, 0.2) is 12.6 Å². The topological polar surface area (TPSA) is 52.6 Å². The number of rotatable bonds is 5. The third-order valence-corrected chi connectivity index (χ3v) is 4.41. The Morgan fingerprint density at radius 2 is 1.14 bits per heavy atom. The Morgan fingerprint density at radius 3 is 1.41 bits per heavy atom. The fourth-order valence-corrected chi connectivity index (χ4v) is 3.46. The number of methoxy groups -OCH3 is 2. The molecule has 0 atom stereocenters. The molecule has 0 N–H and O–H groups in total. The molecule has 114 valence electrons. The highest BCUT2D eigenvalue weighted by Crippen LogP contribution is 2.41. The minimum atomic E-state index is 0.417. The van der Waals surface area contributed by atoms with E-state index in [1.165, 1.54) is 14.2 Å². The molecule has 0 aliphatic carbocycles. The third kappa shape index (κ3) is 3.08. The van der Waals surface area contributed by atoms with Crippen LogP contribution in [0.2, 0.25) is 0 Å². The number of aldehydes is 2.